The molecule has 0 atom stereocenters. The van der Waals surface area contributed by atoms with Crippen molar-refractivity contribution in [3.8, 4) is 0 Å². The fourth-order valence-electron chi connectivity index (χ4n) is 1.27. The number of hydrogen-bond donors (Lipinski definition) is 3. The van der Waals surface area contributed by atoms with E-state index in [-0.39, 0.29) is 5.11 Å². The molecule has 0 unspecified atom stereocenters. The van der Waals surface area contributed by atoms with E-state index in [4.69, 9.17) is 18.0 Å². The second kappa shape index (κ2) is 10.9. The Morgan fingerprint density at radius 3 is 2.38 bits per heavy atom. The molecule has 1 amide bonds. The molecule has 0 aliphatic carbocycles. The number of pyridine rings is 2. The smallest absolute Gasteiger partial charge is 0.413 e. The van der Waals surface area contributed by atoms with Gasteiger partial charge < -0.3 is 15.8 Å². The summed E-state index contributed by atoms with van der Waals surface area (Å²) in [7, 11) is 0. The summed E-state index contributed by atoms with van der Waals surface area (Å²) in [5.74, 6) is 1.07. The van der Waals surface area contributed by atoms with E-state index in [0.717, 1.165) is 8.95 Å². The van der Waals surface area contributed by atoms with Crippen LogP contribution in [0.1, 0.15) is 6.92 Å². The van der Waals surface area contributed by atoms with Gasteiger partial charge in [-0.3, -0.25) is 5.32 Å². The van der Waals surface area contributed by atoms with Crippen molar-refractivity contribution >= 4 is 66.9 Å². The van der Waals surface area contributed by atoms with Crippen LogP contribution in [-0.4, -0.2) is 27.8 Å². The number of nitrogens with zero attached hydrogens (tertiary/aromatic N) is 2. The predicted octanol–water partition coefficient (Wildman–Crippen LogP) is 3.71. The number of alkyl carbamates (subject to hydrolysis) is 1. The number of carbonyl (C=O) groups is 1. The van der Waals surface area contributed by atoms with Gasteiger partial charge in [0.1, 0.15) is 11.6 Å². The van der Waals surface area contributed by atoms with Gasteiger partial charge in [0, 0.05) is 12.4 Å². The molecule has 2 rings (SSSR count). The maximum Gasteiger partial charge on any atom is 0.413 e. The maximum atomic E-state index is 11.0. The number of nitrogens with one attached hydrogen (secondary N) is 2. The highest BCUT2D eigenvalue weighted by molar-refractivity contribution is 9.11. The second-order valence-corrected chi connectivity index (χ2v) is 6.12. The number of amides is 1. The number of halogens is 2. The van der Waals surface area contributed by atoms with E-state index in [1.807, 2.05) is 18.2 Å². The molecule has 2 aromatic heterocycles. The Morgan fingerprint density at radius 2 is 1.88 bits per heavy atom. The zero-order valence-electron chi connectivity index (χ0n) is 12.6. The van der Waals surface area contributed by atoms with Gasteiger partial charge in [-0.05, 0) is 75.3 Å². The number of thiocarbonyl (C=S) groups is 1. The summed E-state index contributed by atoms with van der Waals surface area (Å²) in [6.07, 6.45) is 2.67. The van der Waals surface area contributed by atoms with Crippen molar-refractivity contribution in [2.45, 2.75) is 6.92 Å². The Bertz CT molecular complexity index is 681. The van der Waals surface area contributed by atoms with Crippen LogP contribution in [0.3, 0.4) is 0 Å². The lowest BCUT2D eigenvalue weighted by atomic mass is 10.5. The van der Waals surface area contributed by atoms with Crippen LogP contribution >= 0.6 is 44.1 Å². The third kappa shape index (κ3) is 7.66. The van der Waals surface area contributed by atoms with Crippen molar-refractivity contribution in [1.82, 2.24) is 15.3 Å². The molecule has 2 heterocycles. The molecule has 0 radical (unpaired) electrons. The van der Waals surface area contributed by atoms with Crippen molar-refractivity contribution in [3.63, 3.8) is 0 Å². The van der Waals surface area contributed by atoms with Crippen molar-refractivity contribution < 1.29 is 9.53 Å². The summed E-state index contributed by atoms with van der Waals surface area (Å²) in [5.41, 5.74) is 5.36. The van der Waals surface area contributed by atoms with Gasteiger partial charge >= 0.3 is 6.09 Å². The van der Waals surface area contributed by atoms with Gasteiger partial charge in [0.05, 0.1) is 15.6 Å². The number of nitrogens with two attached hydrogens (primary N) is 1. The standard InChI is InChI=1S/C9H10BrN3O2S.C5H5BrN2/c1-2-15-9(14)13-8(16)12-7-6(10)4-3-5-11-7;6-4-2-1-3-8-5(4)7/h3-5H,2H2,1H3,(H2,11,12,13,14,16);1-3H,(H2,7,8). The Labute approximate surface area is 161 Å². The van der Waals surface area contributed by atoms with Crippen LogP contribution in [0.2, 0.25) is 0 Å². The minimum absolute atomic E-state index is 0.137. The lowest BCUT2D eigenvalue weighted by molar-refractivity contribution is 0.158. The van der Waals surface area contributed by atoms with Gasteiger partial charge in [-0.2, -0.15) is 0 Å². The Morgan fingerprint density at radius 1 is 1.25 bits per heavy atom. The van der Waals surface area contributed by atoms with Crippen LogP contribution in [0.15, 0.2) is 45.6 Å². The molecule has 0 saturated heterocycles. The number of ether oxygens (including phenoxy) is 1. The quantitative estimate of drug-likeness (QED) is 0.567. The summed E-state index contributed by atoms with van der Waals surface area (Å²) in [6.45, 7) is 2.01. The van der Waals surface area contributed by atoms with Gasteiger partial charge in [-0.15, -0.1) is 0 Å². The number of carbonyl (C=O) groups excluding carboxylic acids is 1. The van der Waals surface area contributed by atoms with Crippen molar-refractivity contribution in [2.75, 3.05) is 17.7 Å². The average molecular weight is 477 g/mol. The Hall–Kier alpha value is -1.78. The van der Waals surface area contributed by atoms with E-state index in [0.29, 0.717) is 18.2 Å². The highest BCUT2D eigenvalue weighted by atomic mass is 79.9. The van der Waals surface area contributed by atoms with Gasteiger partial charge in [-0.1, -0.05) is 0 Å². The highest BCUT2D eigenvalue weighted by Crippen LogP contribution is 2.17. The summed E-state index contributed by atoms with van der Waals surface area (Å²) >= 11 is 11.4. The molecule has 0 bridgehead atoms. The molecule has 0 saturated carbocycles. The van der Waals surface area contributed by atoms with Crippen LogP contribution in [0.4, 0.5) is 16.4 Å². The lowest BCUT2D eigenvalue weighted by Gasteiger charge is -2.09. The maximum absolute atomic E-state index is 11.0. The predicted molar refractivity (Wildman–Crippen MR) is 105 cm³/mol. The third-order valence-electron chi connectivity index (χ3n) is 2.27. The fraction of sp³-hybridized carbons (Fsp3) is 0.143. The van der Waals surface area contributed by atoms with E-state index in [1.165, 1.54) is 0 Å². The topological polar surface area (TPSA) is 102 Å². The normalized spacial score (nSPS) is 9.29. The second-order valence-electron chi connectivity index (χ2n) is 4.00. The first-order valence-corrected chi connectivity index (χ1v) is 8.64. The number of anilines is 2. The van der Waals surface area contributed by atoms with E-state index < -0.39 is 6.09 Å². The minimum Gasteiger partial charge on any atom is -0.450 e. The van der Waals surface area contributed by atoms with Gasteiger partial charge in [0.25, 0.3) is 0 Å². The number of hydrogen-bond acceptors (Lipinski definition) is 6. The van der Waals surface area contributed by atoms with Gasteiger partial charge in [-0.25, -0.2) is 14.8 Å². The lowest BCUT2D eigenvalue weighted by Crippen LogP contribution is -2.34. The van der Waals surface area contributed by atoms with Crippen LogP contribution in [0.25, 0.3) is 0 Å². The van der Waals surface area contributed by atoms with E-state index in [1.54, 1.807) is 25.4 Å². The Kier molecular flexibility index (Phi) is 9.20. The largest absolute Gasteiger partial charge is 0.450 e. The average Bonchev–Trinajstić information content (AvgIpc) is 2.53. The van der Waals surface area contributed by atoms with Crippen LogP contribution in [0.5, 0.6) is 0 Å². The zero-order valence-corrected chi connectivity index (χ0v) is 16.6. The summed E-state index contributed by atoms with van der Waals surface area (Å²) in [4.78, 5) is 18.9. The van der Waals surface area contributed by atoms with Gasteiger partial charge in [0.2, 0.25) is 0 Å². The molecule has 128 valence electrons. The molecular formula is C14H15Br2N5O2S. The van der Waals surface area contributed by atoms with Gasteiger partial charge in [0.15, 0.2) is 5.11 Å². The molecular weight excluding hydrogens is 462 g/mol. The molecule has 0 aliphatic heterocycles. The molecule has 0 aromatic carbocycles. The van der Waals surface area contributed by atoms with Crippen molar-refractivity contribution in [1.29, 1.82) is 0 Å². The van der Waals surface area contributed by atoms with Crippen LogP contribution < -0.4 is 16.4 Å². The SMILES string of the molecule is CCOC(=O)NC(=S)Nc1ncccc1Br.Nc1ncccc1Br. The Balaban J connectivity index is 0.000000300. The van der Waals surface area contributed by atoms with E-state index >= 15 is 0 Å². The van der Waals surface area contributed by atoms with Crippen molar-refractivity contribution in [3.05, 3.63) is 45.6 Å². The molecule has 2 aromatic rings. The van der Waals surface area contributed by atoms with Crippen LogP contribution in [0, 0.1) is 0 Å². The number of rotatable bonds is 2. The molecule has 0 aliphatic rings. The molecule has 7 nitrogen and oxygen atoms in total. The summed E-state index contributed by atoms with van der Waals surface area (Å²) in [5, 5.41) is 5.25. The first kappa shape index (κ1) is 20.3. The first-order valence-electron chi connectivity index (χ1n) is 6.65. The monoisotopic (exact) mass is 475 g/mol. The van der Waals surface area contributed by atoms with Crippen molar-refractivity contribution in [2.24, 2.45) is 0 Å². The van der Waals surface area contributed by atoms with Crippen LogP contribution in [-0.2, 0) is 4.74 Å². The molecule has 4 N–H and O–H groups in total. The molecule has 10 heteroatoms. The minimum atomic E-state index is -0.591. The number of nitrogen functional groups attached to an aromatic ring is 1. The molecule has 0 spiro atoms. The first-order chi connectivity index (χ1) is 11.4. The summed E-state index contributed by atoms with van der Waals surface area (Å²) < 4.78 is 6.27. The molecule has 24 heavy (non-hydrogen) atoms. The van der Waals surface area contributed by atoms with E-state index in [9.17, 15) is 4.79 Å². The highest BCUT2D eigenvalue weighted by Gasteiger charge is 2.06. The molecule has 0 fully saturated rings. The summed E-state index contributed by atoms with van der Waals surface area (Å²) in [6, 6.07) is 7.25. The third-order valence-corrected chi connectivity index (χ3v) is 3.78. The fourth-order valence-corrected chi connectivity index (χ4v) is 2.06. The van der Waals surface area contributed by atoms with E-state index in [2.05, 4.69) is 57.2 Å². The zero-order chi connectivity index (χ0) is 17.9. The number of aromatic nitrogens is 2.